The number of carboxylic acids is 1. The molecule has 0 aromatic heterocycles. The van der Waals surface area contributed by atoms with Crippen molar-refractivity contribution >= 4 is 17.9 Å². The van der Waals surface area contributed by atoms with E-state index in [4.69, 9.17) is 14.2 Å². The van der Waals surface area contributed by atoms with Gasteiger partial charge in [-0.3, -0.25) is 9.59 Å². The number of ether oxygens (including phenoxy) is 3. The minimum atomic E-state index is -1.13. The maximum atomic E-state index is 12.8. The SMILES string of the molecule is CC/C=C/C/C=C/C/C=C/C/C=C/CCCCCCCCCC(=O)OCC(COCCC(C(=O)[O-])[N+](C)(C)C)OC(=O)CCCCCCCCC/C=C/C/C=C/CCCCCCCCCCC. The van der Waals surface area contributed by atoms with Crippen LogP contribution < -0.4 is 5.11 Å². The van der Waals surface area contributed by atoms with Gasteiger partial charge in [-0.2, -0.15) is 0 Å². The fraction of sp³-hybridized carbons (Fsp3) is 0.746. The molecule has 8 heteroatoms. The van der Waals surface area contributed by atoms with E-state index in [-0.39, 0.29) is 42.7 Å². The Balaban J connectivity index is 4.25. The van der Waals surface area contributed by atoms with Gasteiger partial charge in [0.2, 0.25) is 0 Å². The molecule has 67 heavy (non-hydrogen) atoms. The lowest BCUT2D eigenvalue weighted by Crippen LogP contribution is -2.55. The van der Waals surface area contributed by atoms with Gasteiger partial charge in [0.05, 0.1) is 40.3 Å². The molecule has 386 valence electrons. The minimum absolute atomic E-state index is 0.0313. The number of carboxylic acid groups (broad SMARTS) is 1. The number of esters is 2. The largest absolute Gasteiger partial charge is 0.544 e. The summed E-state index contributed by atoms with van der Waals surface area (Å²) in [5.74, 6) is -1.76. The zero-order valence-electron chi connectivity index (χ0n) is 44.1. The molecular weight excluding hydrogens is 835 g/mol. The highest BCUT2D eigenvalue weighted by Gasteiger charge is 2.25. The highest BCUT2D eigenvalue weighted by Crippen LogP contribution is 2.15. The van der Waals surface area contributed by atoms with E-state index >= 15 is 0 Å². The van der Waals surface area contributed by atoms with Gasteiger partial charge in [-0.25, -0.2) is 0 Å². The number of allylic oxidation sites excluding steroid dienone is 12. The van der Waals surface area contributed by atoms with Gasteiger partial charge < -0.3 is 28.6 Å². The summed E-state index contributed by atoms with van der Waals surface area (Å²) in [6.45, 7) is 4.55. The smallest absolute Gasteiger partial charge is 0.306 e. The Kier molecular flexibility index (Phi) is 46.8. The summed E-state index contributed by atoms with van der Waals surface area (Å²) < 4.78 is 17.3. The summed E-state index contributed by atoms with van der Waals surface area (Å²) in [6.07, 6.45) is 63.6. The summed E-state index contributed by atoms with van der Waals surface area (Å²) in [5, 5.41) is 11.7. The maximum Gasteiger partial charge on any atom is 0.306 e. The van der Waals surface area contributed by atoms with Crippen molar-refractivity contribution in [3.63, 3.8) is 0 Å². The predicted molar refractivity (Wildman–Crippen MR) is 282 cm³/mol. The molecule has 0 amide bonds. The van der Waals surface area contributed by atoms with E-state index < -0.39 is 18.1 Å². The number of aliphatic carboxylic acids is 1. The van der Waals surface area contributed by atoms with Crippen molar-refractivity contribution in [3.05, 3.63) is 72.9 Å². The molecule has 0 saturated heterocycles. The van der Waals surface area contributed by atoms with Crippen molar-refractivity contribution < 1.29 is 38.2 Å². The second kappa shape index (κ2) is 49.2. The summed E-state index contributed by atoms with van der Waals surface area (Å²) in [6, 6.07) is -0.733. The third-order valence-corrected chi connectivity index (χ3v) is 12.1. The van der Waals surface area contributed by atoms with E-state index in [0.29, 0.717) is 12.8 Å². The van der Waals surface area contributed by atoms with Crippen molar-refractivity contribution in [2.24, 2.45) is 0 Å². The van der Waals surface area contributed by atoms with Gasteiger partial charge in [-0.15, -0.1) is 0 Å². The Morgan fingerprint density at radius 1 is 0.463 bits per heavy atom. The molecule has 0 saturated carbocycles. The lowest BCUT2D eigenvalue weighted by Gasteiger charge is -2.34. The summed E-state index contributed by atoms with van der Waals surface area (Å²) >= 11 is 0. The number of nitrogens with zero attached hydrogens (tertiary/aromatic N) is 1. The summed E-state index contributed by atoms with van der Waals surface area (Å²) in [4.78, 5) is 37.1. The highest BCUT2D eigenvalue weighted by molar-refractivity contribution is 5.70. The summed E-state index contributed by atoms with van der Waals surface area (Å²) in [5.41, 5.74) is 0. The first kappa shape index (κ1) is 63.8. The molecule has 0 aromatic carbocycles. The minimum Gasteiger partial charge on any atom is -0.544 e. The van der Waals surface area contributed by atoms with Crippen LogP contribution in [0.4, 0.5) is 0 Å². The van der Waals surface area contributed by atoms with Crippen molar-refractivity contribution in [1.29, 1.82) is 0 Å². The number of carbonyl (C=O) groups excluding carboxylic acids is 3. The molecule has 0 fully saturated rings. The first-order valence-corrected chi connectivity index (χ1v) is 27.5. The summed E-state index contributed by atoms with van der Waals surface area (Å²) in [7, 11) is 5.41. The lowest BCUT2D eigenvalue weighted by molar-refractivity contribution is -0.889. The number of likely N-dealkylation sites (N-methyl/N-ethyl adjacent to an activating group) is 1. The topological polar surface area (TPSA) is 102 Å². The molecule has 2 atom stereocenters. The molecule has 0 spiro atoms. The van der Waals surface area contributed by atoms with Gasteiger partial charge in [0.25, 0.3) is 0 Å². The third-order valence-electron chi connectivity index (χ3n) is 12.1. The molecule has 0 heterocycles. The highest BCUT2D eigenvalue weighted by atomic mass is 16.6. The van der Waals surface area contributed by atoms with Crippen LogP contribution in [0.25, 0.3) is 0 Å². The molecule has 0 aromatic rings. The van der Waals surface area contributed by atoms with Crippen LogP contribution in [-0.4, -0.2) is 75.5 Å². The predicted octanol–water partition coefficient (Wildman–Crippen LogP) is 14.9. The second-order valence-electron chi connectivity index (χ2n) is 19.4. The number of unbranched alkanes of at least 4 members (excludes halogenated alkanes) is 23. The van der Waals surface area contributed by atoms with Crippen LogP contribution in [0.15, 0.2) is 72.9 Å². The fourth-order valence-corrected chi connectivity index (χ4v) is 7.86. The van der Waals surface area contributed by atoms with E-state index in [1.165, 1.54) is 116 Å². The van der Waals surface area contributed by atoms with Crippen molar-refractivity contribution in [2.45, 2.75) is 244 Å². The average molecular weight is 938 g/mol. The van der Waals surface area contributed by atoms with Crippen LogP contribution in [0.3, 0.4) is 0 Å². The molecule has 0 N–H and O–H groups in total. The lowest BCUT2D eigenvalue weighted by atomic mass is 10.1. The quantitative estimate of drug-likeness (QED) is 0.0259. The number of hydrogen-bond acceptors (Lipinski definition) is 7. The van der Waals surface area contributed by atoms with Crippen LogP contribution in [0, 0.1) is 0 Å². The molecule has 2 unspecified atom stereocenters. The monoisotopic (exact) mass is 938 g/mol. The Morgan fingerprint density at radius 2 is 0.836 bits per heavy atom. The molecule has 0 aliphatic carbocycles. The first-order chi connectivity index (χ1) is 32.6. The van der Waals surface area contributed by atoms with Crippen LogP contribution in [0.1, 0.15) is 232 Å². The van der Waals surface area contributed by atoms with Gasteiger partial charge in [-0.1, -0.05) is 202 Å². The first-order valence-electron chi connectivity index (χ1n) is 27.5. The zero-order valence-corrected chi connectivity index (χ0v) is 44.1. The van der Waals surface area contributed by atoms with E-state index in [1.807, 2.05) is 0 Å². The van der Waals surface area contributed by atoms with Crippen molar-refractivity contribution in [1.82, 2.24) is 0 Å². The molecule has 0 radical (unpaired) electrons. The maximum absolute atomic E-state index is 12.8. The molecule has 0 bridgehead atoms. The Bertz CT molecular complexity index is 1320. The van der Waals surface area contributed by atoms with E-state index in [1.54, 1.807) is 21.1 Å². The number of rotatable bonds is 49. The third kappa shape index (κ3) is 47.6. The van der Waals surface area contributed by atoms with E-state index in [0.717, 1.165) is 83.5 Å². The zero-order chi connectivity index (χ0) is 49.2. The van der Waals surface area contributed by atoms with Gasteiger partial charge in [0.15, 0.2) is 6.10 Å². The second-order valence-corrected chi connectivity index (χ2v) is 19.4. The molecule has 0 aliphatic rings. The molecule has 8 nitrogen and oxygen atoms in total. The number of carbonyl (C=O) groups is 3. The van der Waals surface area contributed by atoms with Crippen LogP contribution in [0.5, 0.6) is 0 Å². The van der Waals surface area contributed by atoms with Gasteiger partial charge >= 0.3 is 11.9 Å². The van der Waals surface area contributed by atoms with E-state index in [9.17, 15) is 19.5 Å². The van der Waals surface area contributed by atoms with Gasteiger partial charge in [0, 0.05) is 19.3 Å². The Labute approximate surface area is 412 Å². The van der Waals surface area contributed by atoms with Crippen molar-refractivity contribution in [2.75, 3.05) is 41.0 Å². The average Bonchev–Trinajstić information content (AvgIpc) is 3.29. The number of quaternary nitrogens is 1. The van der Waals surface area contributed by atoms with Gasteiger partial charge in [0.1, 0.15) is 12.6 Å². The fourth-order valence-electron chi connectivity index (χ4n) is 7.86. The standard InChI is InChI=1S/C59H103NO7/c1-6-8-10-12-14-16-18-20-22-24-26-28-29-30-32-34-36-38-40-42-44-46-48-50-58(62)67-55(53-65-52-51-56(59(63)64)60(3,4)5)54-66-57(61)49-47-45-43-41-39-37-35-33-31-27-25-23-21-19-17-15-13-11-9-7-2/h9,11,15,17,21,23,26-28,30-32,55-56H,6-8,10,12-14,16,18-20,22,24-25,29,33-54H2,1-5H3/b11-9+,17-15+,23-21+,28-26+,31-27+,32-30+. The van der Waals surface area contributed by atoms with Crippen LogP contribution in [-0.2, 0) is 28.6 Å². The van der Waals surface area contributed by atoms with Gasteiger partial charge in [-0.05, 0) is 83.5 Å². The Morgan fingerprint density at radius 3 is 1.24 bits per heavy atom. The van der Waals surface area contributed by atoms with Crippen LogP contribution in [0.2, 0.25) is 0 Å². The van der Waals surface area contributed by atoms with E-state index in [2.05, 4.69) is 86.8 Å². The number of hydrogen-bond donors (Lipinski definition) is 0. The molecule has 0 aliphatic heterocycles. The normalized spacial score (nSPS) is 13.4. The van der Waals surface area contributed by atoms with Crippen LogP contribution >= 0.6 is 0 Å². The molecular formula is C59H103NO7. The Hall–Kier alpha value is -3.23. The molecule has 0 rings (SSSR count). The van der Waals surface area contributed by atoms with Crippen molar-refractivity contribution in [3.8, 4) is 0 Å².